The topological polar surface area (TPSA) is 50.8 Å². The molecule has 1 atom stereocenters. The molecule has 27 heavy (non-hydrogen) atoms. The van der Waals surface area contributed by atoms with Crippen molar-refractivity contribution >= 4 is 29.9 Å². The summed E-state index contributed by atoms with van der Waals surface area (Å²) in [4.78, 5) is 14.7. The van der Waals surface area contributed by atoms with Crippen LogP contribution in [0, 0.1) is 6.92 Å². The van der Waals surface area contributed by atoms with Gasteiger partial charge in [-0.05, 0) is 36.2 Å². The quantitative estimate of drug-likeness (QED) is 0.817. The van der Waals surface area contributed by atoms with Gasteiger partial charge in [-0.25, -0.2) is 0 Å². The van der Waals surface area contributed by atoms with E-state index in [1.54, 1.807) is 7.11 Å². The summed E-state index contributed by atoms with van der Waals surface area (Å²) in [7, 11) is 1.59. The number of nitrogens with zero attached hydrogens (tertiary/aromatic N) is 1. The Morgan fingerprint density at radius 2 is 2.04 bits per heavy atom. The van der Waals surface area contributed by atoms with E-state index in [0.717, 1.165) is 17.7 Å². The Bertz CT molecular complexity index is 786. The molecule has 2 aromatic rings. The van der Waals surface area contributed by atoms with Crippen molar-refractivity contribution in [2.24, 2.45) is 0 Å². The summed E-state index contributed by atoms with van der Waals surface area (Å²) in [5.41, 5.74) is 2.02. The lowest BCUT2D eigenvalue weighted by molar-refractivity contribution is -0.136. The number of amides is 1. The maximum Gasteiger partial charge on any atom is 0.261 e. The van der Waals surface area contributed by atoms with Crippen molar-refractivity contribution < 1.29 is 14.3 Å². The number of rotatable bonds is 5. The Morgan fingerprint density at radius 3 is 2.78 bits per heavy atom. The predicted molar refractivity (Wildman–Crippen MR) is 109 cm³/mol. The summed E-state index contributed by atoms with van der Waals surface area (Å²) >= 11 is 6.34. The van der Waals surface area contributed by atoms with Crippen LogP contribution in [-0.2, 0) is 4.79 Å². The highest BCUT2D eigenvalue weighted by molar-refractivity contribution is 6.31. The van der Waals surface area contributed by atoms with Gasteiger partial charge in [-0.1, -0.05) is 35.9 Å². The molecule has 0 aromatic heterocycles. The van der Waals surface area contributed by atoms with E-state index in [0.29, 0.717) is 29.6 Å². The molecule has 1 N–H and O–H groups in total. The zero-order valence-corrected chi connectivity index (χ0v) is 17.0. The zero-order valence-electron chi connectivity index (χ0n) is 15.4. The number of halogens is 2. The monoisotopic (exact) mass is 410 g/mol. The van der Waals surface area contributed by atoms with Gasteiger partial charge in [-0.2, -0.15) is 0 Å². The third-order valence-electron chi connectivity index (χ3n) is 4.50. The fourth-order valence-electron chi connectivity index (χ4n) is 3.14. The first-order chi connectivity index (χ1) is 12.6. The molecule has 1 amide bonds. The van der Waals surface area contributed by atoms with E-state index in [1.807, 2.05) is 54.3 Å². The van der Waals surface area contributed by atoms with Gasteiger partial charge < -0.3 is 19.7 Å². The van der Waals surface area contributed by atoms with Crippen LogP contribution >= 0.6 is 24.0 Å². The average Bonchev–Trinajstić information content (AvgIpc) is 2.67. The van der Waals surface area contributed by atoms with Gasteiger partial charge in [0.1, 0.15) is 0 Å². The average molecular weight is 411 g/mol. The number of hydrogen-bond donors (Lipinski definition) is 1. The molecule has 146 valence electrons. The first kappa shape index (κ1) is 21.4. The van der Waals surface area contributed by atoms with Crippen LogP contribution in [0.15, 0.2) is 42.5 Å². The fraction of sp³-hybridized carbons (Fsp3) is 0.350. The maximum absolute atomic E-state index is 12.8. The molecule has 3 rings (SSSR count). The smallest absolute Gasteiger partial charge is 0.261 e. The van der Waals surface area contributed by atoms with Crippen molar-refractivity contribution in [2.75, 3.05) is 33.4 Å². The molecule has 2 aromatic carbocycles. The normalized spacial score (nSPS) is 16.4. The molecule has 1 saturated heterocycles. The molecule has 0 spiro atoms. The Labute approximate surface area is 171 Å². The summed E-state index contributed by atoms with van der Waals surface area (Å²) in [6.07, 6.45) is 0. The van der Waals surface area contributed by atoms with Gasteiger partial charge in [0.25, 0.3) is 5.91 Å². The standard InChI is InChI=1S/C20H23ClN2O3.ClH/c1-14-7-8-18(19(11-14)25-2)26-13-20(24)23-10-9-22-12-17(23)15-5-3-4-6-16(15)21;/h3-8,11,17,22H,9-10,12-13H2,1-2H3;1H. The van der Waals surface area contributed by atoms with Gasteiger partial charge in [-0.3, -0.25) is 4.79 Å². The van der Waals surface area contributed by atoms with Gasteiger partial charge >= 0.3 is 0 Å². The van der Waals surface area contributed by atoms with E-state index in [2.05, 4.69) is 5.32 Å². The lowest BCUT2D eigenvalue weighted by atomic mass is 10.0. The molecular weight excluding hydrogens is 387 g/mol. The number of nitrogens with one attached hydrogen (secondary N) is 1. The Hall–Kier alpha value is -1.95. The number of aryl methyl sites for hydroxylation is 1. The number of methoxy groups -OCH3 is 1. The van der Waals surface area contributed by atoms with Crippen LogP contribution in [-0.4, -0.2) is 44.2 Å². The number of piperazine rings is 1. The fourth-order valence-corrected chi connectivity index (χ4v) is 3.40. The van der Waals surface area contributed by atoms with Crippen molar-refractivity contribution in [1.82, 2.24) is 10.2 Å². The second-order valence-electron chi connectivity index (χ2n) is 6.27. The first-order valence-electron chi connectivity index (χ1n) is 8.62. The molecule has 1 aliphatic rings. The van der Waals surface area contributed by atoms with Crippen LogP contribution in [0.5, 0.6) is 11.5 Å². The van der Waals surface area contributed by atoms with Crippen molar-refractivity contribution in [1.29, 1.82) is 0 Å². The Balaban J connectivity index is 0.00000261. The SMILES string of the molecule is COc1cc(C)ccc1OCC(=O)N1CCNCC1c1ccccc1Cl.Cl. The number of carbonyl (C=O) groups is 1. The highest BCUT2D eigenvalue weighted by Gasteiger charge is 2.29. The summed E-state index contributed by atoms with van der Waals surface area (Å²) in [6.45, 7) is 3.97. The van der Waals surface area contributed by atoms with Gasteiger partial charge in [0.2, 0.25) is 0 Å². The summed E-state index contributed by atoms with van der Waals surface area (Å²) in [5.74, 6) is 1.12. The molecule has 7 heteroatoms. The molecule has 0 bridgehead atoms. The van der Waals surface area contributed by atoms with Crippen LogP contribution in [0.2, 0.25) is 5.02 Å². The molecule has 0 saturated carbocycles. The van der Waals surface area contributed by atoms with E-state index in [1.165, 1.54) is 0 Å². The molecular formula is C20H24Cl2N2O3. The zero-order chi connectivity index (χ0) is 18.5. The van der Waals surface area contributed by atoms with Gasteiger partial charge in [0.05, 0.1) is 13.2 Å². The summed E-state index contributed by atoms with van der Waals surface area (Å²) in [6, 6.07) is 13.2. The van der Waals surface area contributed by atoms with Crippen molar-refractivity contribution in [2.45, 2.75) is 13.0 Å². The van der Waals surface area contributed by atoms with E-state index in [4.69, 9.17) is 21.1 Å². The molecule has 5 nitrogen and oxygen atoms in total. The predicted octanol–water partition coefficient (Wildman–Crippen LogP) is 3.63. The molecule has 1 fully saturated rings. The van der Waals surface area contributed by atoms with Crippen LogP contribution in [0.1, 0.15) is 17.2 Å². The Kier molecular flexibility index (Phi) is 7.78. The molecule has 1 aliphatic heterocycles. The minimum absolute atomic E-state index is 0. The number of ether oxygens (including phenoxy) is 2. The molecule has 1 heterocycles. The first-order valence-corrected chi connectivity index (χ1v) is 9.00. The van der Waals surface area contributed by atoms with Crippen molar-refractivity contribution in [3.8, 4) is 11.5 Å². The second kappa shape index (κ2) is 9.83. The van der Waals surface area contributed by atoms with Crippen LogP contribution < -0.4 is 14.8 Å². The number of carbonyl (C=O) groups excluding carboxylic acids is 1. The van der Waals surface area contributed by atoms with Crippen molar-refractivity contribution in [3.63, 3.8) is 0 Å². The third-order valence-corrected chi connectivity index (χ3v) is 4.84. The molecule has 1 unspecified atom stereocenters. The third kappa shape index (κ3) is 5.06. The van der Waals surface area contributed by atoms with Crippen LogP contribution in [0.4, 0.5) is 0 Å². The molecule has 0 radical (unpaired) electrons. The van der Waals surface area contributed by atoms with Crippen LogP contribution in [0.3, 0.4) is 0 Å². The highest BCUT2D eigenvalue weighted by atomic mass is 35.5. The second-order valence-corrected chi connectivity index (χ2v) is 6.68. The van der Waals surface area contributed by atoms with Gasteiger partial charge in [0.15, 0.2) is 18.1 Å². The number of benzene rings is 2. The summed E-state index contributed by atoms with van der Waals surface area (Å²) in [5, 5.41) is 4.00. The van der Waals surface area contributed by atoms with Crippen molar-refractivity contribution in [3.05, 3.63) is 58.6 Å². The Morgan fingerprint density at radius 1 is 1.26 bits per heavy atom. The minimum Gasteiger partial charge on any atom is -0.493 e. The van der Waals surface area contributed by atoms with E-state index in [-0.39, 0.29) is 31.0 Å². The van der Waals surface area contributed by atoms with E-state index in [9.17, 15) is 4.79 Å². The van der Waals surface area contributed by atoms with Crippen LogP contribution in [0.25, 0.3) is 0 Å². The largest absolute Gasteiger partial charge is 0.493 e. The van der Waals surface area contributed by atoms with E-state index < -0.39 is 0 Å². The lowest BCUT2D eigenvalue weighted by Gasteiger charge is -2.36. The lowest BCUT2D eigenvalue weighted by Crippen LogP contribution is -2.50. The minimum atomic E-state index is -0.103. The highest BCUT2D eigenvalue weighted by Crippen LogP contribution is 2.30. The van der Waals surface area contributed by atoms with E-state index >= 15 is 0 Å². The number of hydrogen-bond acceptors (Lipinski definition) is 4. The molecule has 0 aliphatic carbocycles. The summed E-state index contributed by atoms with van der Waals surface area (Å²) < 4.78 is 11.1. The van der Waals surface area contributed by atoms with Gasteiger partial charge in [0, 0.05) is 24.7 Å². The van der Waals surface area contributed by atoms with Gasteiger partial charge in [-0.15, -0.1) is 12.4 Å². The maximum atomic E-state index is 12.8.